The van der Waals surface area contributed by atoms with Gasteiger partial charge in [-0.25, -0.2) is 0 Å². The fraction of sp³-hybridized carbons (Fsp3) is 1.00. The predicted octanol–water partition coefficient (Wildman–Crippen LogP) is 3.03. The van der Waals surface area contributed by atoms with Gasteiger partial charge in [0.05, 0.1) is 0 Å². The first-order valence-electron chi connectivity index (χ1n) is 4.24. The molecule has 60 valence electrons. The van der Waals surface area contributed by atoms with Crippen LogP contribution in [0.5, 0.6) is 0 Å². The molecule has 0 nitrogen and oxygen atoms in total. The Morgan fingerprint density at radius 1 is 1.10 bits per heavy atom. The van der Waals surface area contributed by atoms with Gasteiger partial charge in [-0.05, 0) is 23.5 Å². The third-order valence-corrected chi connectivity index (χ3v) is 4.27. The third-order valence-electron chi connectivity index (χ3n) is 2.42. The van der Waals surface area contributed by atoms with E-state index in [2.05, 4.69) is 39.5 Å². The molecule has 1 aliphatic heterocycles. The zero-order chi connectivity index (χ0) is 7.72. The summed E-state index contributed by atoms with van der Waals surface area (Å²) in [5.74, 6) is 4.19. The van der Waals surface area contributed by atoms with Crippen molar-refractivity contribution in [1.82, 2.24) is 0 Å². The molecule has 0 aliphatic carbocycles. The largest absolute Gasteiger partial charge is 0.158 e. The molecular weight excluding hydrogens is 140 g/mol. The Kier molecular flexibility index (Phi) is 2.67. The molecule has 0 aromatic carbocycles. The second-order valence-corrected chi connectivity index (χ2v) is 5.16. The first-order chi connectivity index (χ1) is 4.63. The Hall–Kier alpha value is 0.350. The summed E-state index contributed by atoms with van der Waals surface area (Å²) >= 11 is 2.15. The summed E-state index contributed by atoms with van der Waals surface area (Å²) in [6, 6.07) is 0. The van der Waals surface area contributed by atoms with Gasteiger partial charge in [-0.3, -0.25) is 0 Å². The topological polar surface area (TPSA) is 0 Å². The standard InChI is InChI=1S/C9H18S/c1-6(2)8-5-10-9(8)7(3)4/h6-9H,5H2,1-4H3. The zero-order valence-electron chi connectivity index (χ0n) is 7.42. The van der Waals surface area contributed by atoms with Gasteiger partial charge in [0, 0.05) is 5.25 Å². The molecule has 0 saturated carbocycles. The molecule has 1 fully saturated rings. The van der Waals surface area contributed by atoms with Crippen molar-refractivity contribution in [2.45, 2.75) is 32.9 Å². The highest BCUT2D eigenvalue weighted by atomic mass is 32.2. The van der Waals surface area contributed by atoms with Crippen LogP contribution in [0.15, 0.2) is 0 Å². The van der Waals surface area contributed by atoms with Crippen LogP contribution in [0.2, 0.25) is 0 Å². The first-order valence-corrected chi connectivity index (χ1v) is 5.29. The maximum Gasteiger partial charge on any atom is 0.0109 e. The lowest BCUT2D eigenvalue weighted by atomic mass is 9.87. The van der Waals surface area contributed by atoms with Crippen LogP contribution in [0.25, 0.3) is 0 Å². The van der Waals surface area contributed by atoms with Gasteiger partial charge in [-0.15, -0.1) is 0 Å². The van der Waals surface area contributed by atoms with Crippen molar-refractivity contribution in [2.75, 3.05) is 5.75 Å². The van der Waals surface area contributed by atoms with Crippen LogP contribution in [-0.4, -0.2) is 11.0 Å². The molecule has 2 atom stereocenters. The quantitative estimate of drug-likeness (QED) is 0.595. The van der Waals surface area contributed by atoms with Crippen LogP contribution in [0.4, 0.5) is 0 Å². The maximum atomic E-state index is 2.35. The molecule has 2 unspecified atom stereocenters. The lowest BCUT2D eigenvalue weighted by Gasteiger charge is -2.41. The van der Waals surface area contributed by atoms with Gasteiger partial charge in [0.1, 0.15) is 0 Å². The summed E-state index contributed by atoms with van der Waals surface area (Å²) in [7, 11) is 0. The Balaban J connectivity index is 2.36. The Morgan fingerprint density at radius 2 is 1.70 bits per heavy atom. The molecule has 0 amide bonds. The van der Waals surface area contributed by atoms with Gasteiger partial charge in [0.25, 0.3) is 0 Å². The molecule has 0 aromatic rings. The molecule has 1 heteroatoms. The summed E-state index contributed by atoms with van der Waals surface area (Å²) in [5, 5.41) is 0.958. The molecule has 0 radical (unpaired) electrons. The van der Waals surface area contributed by atoms with Crippen molar-refractivity contribution in [3.63, 3.8) is 0 Å². The summed E-state index contributed by atoms with van der Waals surface area (Å²) in [6.07, 6.45) is 0. The SMILES string of the molecule is CC(C)C1CSC1C(C)C. The van der Waals surface area contributed by atoms with E-state index in [1.807, 2.05) is 0 Å². The number of rotatable bonds is 2. The smallest absolute Gasteiger partial charge is 0.0109 e. The molecule has 1 heterocycles. The van der Waals surface area contributed by atoms with Crippen LogP contribution in [0, 0.1) is 17.8 Å². The molecule has 0 bridgehead atoms. The fourth-order valence-corrected chi connectivity index (χ4v) is 3.30. The van der Waals surface area contributed by atoms with E-state index in [-0.39, 0.29) is 0 Å². The molecule has 0 aromatic heterocycles. The van der Waals surface area contributed by atoms with Crippen molar-refractivity contribution in [3.8, 4) is 0 Å². The van der Waals surface area contributed by atoms with Crippen LogP contribution in [0.3, 0.4) is 0 Å². The van der Waals surface area contributed by atoms with Crippen LogP contribution >= 0.6 is 11.8 Å². The Labute approximate surface area is 68.8 Å². The van der Waals surface area contributed by atoms with E-state index >= 15 is 0 Å². The van der Waals surface area contributed by atoms with Crippen molar-refractivity contribution in [3.05, 3.63) is 0 Å². The minimum absolute atomic E-state index is 0.881. The minimum Gasteiger partial charge on any atom is -0.158 e. The van der Waals surface area contributed by atoms with E-state index in [1.165, 1.54) is 5.75 Å². The van der Waals surface area contributed by atoms with E-state index in [4.69, 9.17) is 0 Å². The zero-order valence-corrected chi connectivity index (χ0v) is 8.24. The summed E-state index contributed by atoms with van der Waals surface area (Å²) in [6.45, 7) is 9.37. The van der Waals surface area contributed by atoms with E-state index < -0.39 is 0 Å². The van der Waals surface area contributed by atoms with Gasteiger partial charge >= 0.3 is 0 Å². The third kappa shape index (κ3) is 1.50. The molecule has 10 heavy (non-hydrogen) atoms. The van der Waals surface area contributed by atoms with Gasteiger partial charge < -0.3 is 0 Å². The Bertz CT molecular complexity index is 93.3. The molecule has 1 saturated heterocycles. The second kappa shape index (κ2) is 3.17. The lowest BCUT2D eigenvalue weighted by molar-refractivity contribution is 0.338. The van der Waals surface area contributed by atoms with Gasteiger partial charge in [0.2, 0.25) is 0 Å². The number of hydrogen-bond acceptors (Lipinski definition) is 1. The monoisotopic (exact) mass is 158 g/mol. The van der Waals surface area contributed by atoms with Crippen LogP contribution < -0.4 is 0 Å². The van der Waals surface area contributed by atoms with E-state index in [0.717, 1.165) is 23.0 Å². The van der Waals surface area contributed by atoms with Gasteiger partial charge in [-0.2, -0.15) is 11.8 Å². The molecule has 0 N–H and O–H groups in total. The molecule has 0 spiro atoms. The lowest BCUT2D eigenvalue weighted by Crippen LogP contribution is -2.38. The average Bonchev–Trinajstić information content (AvgIpc) is 1.56. The summed E-state index contributed by atoms with van der Waals surface area (Å²) < 4.78 is 0. The number of hydrogen-bond donors (Lipinski definition) is 0. The van der Waals surface area contributed by atoms with Crippen molar-refractivity contribution < 1.29 is 0 Å². The number of thioether (sulfide) groups is 1. The highest BCUT2D eigenvalue weighted by Crippen LogP contribution is 2.43. The van der Waals surface area contributed by atoms with Crippen LogP contribution in [0.1, 0.15) is 27.7 Å². The minimum atomic E-state index is 0.881. The second-order valence-electron chi connectivity index (χ2n) is 3.95. The fourth-order valence-electron chi connectivity index (χ4n) is 1.58. The predicted molar refractivity (Wildman–Crippen MR) is 49.4 cm³/mol. The molecule has 1 aliphatic rings. The summed E-state index contributed by atoms with van der Waals surface area (Å²) in [4.78, 5) is 0. The normalized spacial score (nSPS) is 33.0. The van der Waals surface area contributed by atoms with E-state index in [9.17, 15) is 0 Å². The van der Waals surface area contributed by atoms with E-state index in [0.29, 0.717) is 0 Å². The van der Waals surface area contributed by atoms with Crippen molar-refractivity contribution in [2.24, 2.45) is 17.8 Å². The maximum absolute atomic E-state index is 2.35. The average molecular weight is 158 g/mol. The summed E-state index contributed by atoms with van der Waals surface area (Å²) in [5.41, 5.74) is 0. The Morgan fingerprint density at radius 3 is 1.80 bits per heavy atom. The molecular formula is C9H18S. The molecule has 1 rings (SSSR count). The van der Waals surface area contributed by atoms with Gasteiger partial charge in [0.15, 0.2) is 0 Å². The first kappa shape index (κ1) is 8.45. The van der Waals surface area contributed by atoms with Crippen molar-refractivity contribution >= 4 is 11.8 Å². The van der Waals surface area contributed by atoms with E-state index in [1.54, 1.807) is 0 Å². The van der Waals surface area contributed by atoms with Crippen molar-refractivity contribution in [1.29, 1.82) is 0 Å². The van der Waals surface area contributed by atoms with Crippen LogP contribution in [-0.2, 0) is 0 Å². The highest BCUT2D eigenvalue weighted by molar-refractivity contribution is 8.01. The van der Waals surface area contributed by atoms with Gasteiger partial charge in [-0.1, -0.05) is 27.7 Å². The highest BCUT2D eigenvalue weighted by Gasteiger charge is 2.35.